The van der Waals surface area contributed by atoms with E-state index >= 15 is 0 Å². The fourth-order valence-corrected chi connectivity index (χ4v) is 2.46. The van der Waals surface area contributed by atoms with Gasteiger partial charge < -0.3 is 20.0 Å². The first-order valence-electron chi connectivity index (χ1n) is 8.29. The number of amides is 1. The molecule has 0 radical (unpaired) electrons. The molecule has 8 nitrogen and oxygen atoms in total. The second-order valence-corrected chi connectivity index (χ2v) is 6.97. The highest BCUT2D eigenvalue weighted by atomic mass is 16.8. The molecule has 2 heterocycles. The highest BCUT2D eigenvalue weighted by molar-refractivity contribution is 5.94. The minimum atomic E-state index is -0.803. The van der Waals surface area contributed by atoms with Gasteiger partial charge in [-0.1, -0.05) is 0 Å². The Morgan fingerprint density at radius 1 is 1.32 bits per heavy atom. The van der Waals surface area contributed by atoms with Gasteiger partial charge in [-0.25, -0.2) is 4.79 Å². The number of nitrogens with zero attached hydrogens (tertiary/aromatic N) is 2. The average Bonchev–Trinajstić information content (AvgIpc) is 2.68. The van der Waals surface area contributed by atoms with E-state index in [2.05, 4.69) is 10.3 Å². The number of aliphatic hydroxyl groups is 1. The van der Waals surface area contributed by atoms with Crippen molar-refractivity contribution in [2.24, 2.45) is 0 Å². The number of hydroxylamine groups is 2. The first-order valence-corrected chi connectivity index (χ1v) is 8.29. The fourth-order valence-electron chi connectivity index (χ4n) is 2.46. The van der Waals surface area contributed by atoms with E-state index in [-0.39, 0.29) is 12.5 Å². The summed E-state index contributed by atoms with van der Waals surface area (Å²) in [5.74, 6) is -0.314. The zero-order valence-corrected chi connectivity index (χ0v) is 14.8. The molecule has 8 heteroatoms. The molecular weight excluding hydrogens is 326 g/mol. The summed E-state index contributed by atoms with van der Waals surface area (Å²) in [6.07, 6.45) is 2.65. The molecule has 0 saturated carbocycles. The van der Waals surface area contributed by atoms with Crippen LogP contribution in [0.15, 0.2) is 24.5 Å². The molecule has 138 valence electrons. The molecule has 2 N–H and O–H groups in total. The molecule has 0 unspecified atom stereocenters. The Bertz CT molecular complexity index is 588. The van der Waals surface area contributed by atoms with E-state index in [1.807, 2.05) is 0 Å². The lowest BCUT2D eigenvalue weighted by Crippen LogP contribution is -2.49. The maximum absolute atomic E-state index is 12.3. The Morgan fingerprint density at radius 2 is 2.00 bits per heavy atom. The summed E-state index contributed by atoms with van der Waals surface area (Å²) < 4.78 is 5.13. The van der Waals surface area contributed by atoms with Crippen LogP contribution in [0.3, 0.4) is 0 Å². The molecule has 0 aliphatic carbocycles. The summed E-state index contributed by atoms with van der Waals surface area (Å²) in [6.45, 7) is 5.88. The van der Waals surface area contributed by atoms with Gasteiger partial charge in [0.15, 0.2) is 0 Å². The number of hydrogen-bond donors (Lipinski definition) is 2. The van der Waals surface area contributed by atoms with Crippen LogP contribution in [0.4, 0.5) is 4.79 Å². The standard InChI is InChI=1S/C17H25N3O5/c1-17(2,3)24-16(23)25-20-10-4-5-14(21)13(11-20)19-15(22)12-6-8-18-9-7-12/h6-9,13-14,21H,4-5,10-11H2,1-3H3,(H,19,22)/t13-,14-/m1/s1. The molecular formula is C17H25N3O5. The molecule has 1 aliphatic heterocycles. The first-order chi connectivity index (χ1) is 11.7. The number of rotatable bonds is 3. The van der Waals surface area contributed by atoms with Crippen molar-refractivity contribution in [2.75, 3.05) is 13.1 Å². The second-order valence-electron chi connectivity index (χ2n) is 6.97. The minimum Gasteiger partial charge on any atom is -0.427 e. The van der Waals surface area contributed by atoms with E-state index in [1.165, 1.54) is 17.5 Å². The van der Waals surface area contributed by atoms with Gasteiger partial charge in [0, 0.05) is 24.5 Å². The van der Waals surface area contributed by atoms with E-state index in [0.29, 0.717) is 24.9 Å². The van der Waals surface area contributed by atoms with Gasteiger partial charge in [0.1, 0.15) is 5.60 Å². The van der Waals surface area contributed by atoms with E-state index in [1.54, 1.807) is 32.9 Å². The van der Waals surface area contributed by atoms with Gasteiger partial charge in [0.05, 0.1) is 18.7 Å². The van der Waals surface area contributed by atoms with Crippen LogP contribution in [0.2, 0.25) is 0 Å². The molecule has 1 aliphatic rings. The molecule has 2 rings (SSSR count). The van der Waals surface area contributed by atoms with Crippen molar-refractivity contribution in [1.82, 2.24) is 15.4 Å². The van der Waals surface area contributed by atoms with Crippen molar-refractivity contribution in [3.05, 3.63) is 30.1 Å². The Labute approximate surface area is 147 Å². The highest BCUT2D eigenvalue weighted by Crippen LogP contribution is 2.15. The molecule has 1 aromatic rings. The maximum atomic E-state index is 12.3. The lowest BCUT2D eigenvalue weighted by Gasteiger charge is -2.27. The lowest BCUT2D eigenvalue weighted by atomic mass is 10.1. The summed E-state index contributed by atoms with van der Waals surface area (Å²) in [5.41, 5.74) is -0.205. The molecule has 2 atom stereocenters. The van der Waals surface area contributed by atoms with Gasteiger partial charge in [-0.05, 0) is 45.7 Å². The van der Waals surface area contributed by atoms with Crippen molar-refractivity contribution in [2.45, 2.75) is 51.4 Å². The maximum Gasteiger partial charge on any atom is 0.528 e. The molecule has 1 amide bonds. The zero-order valence-electron chi connectivity index (χ0n) is 14.8. The van der Waals surface area contributed by atoms with Crippen molar-refractivity contribution < 1.29 is 24.3 Å². The third kappa shape index (κ3) is 6.32. The van der Waals surface area contributed by atoms with E-state index in [0.717, 1.165) is 0 Å². The Hall–Kier alpha value is -2.19. The van der Waals surface area contributed by atoms with Gasteiger partial charge in [-0.2, -0.15) is 0 Å². The molecule has 1 fully saturated rings. The van der Waals surface area contributed by atoms with Crippen LogP contribution in [0, 0.1) is 0 Å². The van der Waals surface area contributed by atoms with Crippen LogP contribution in [0.5, 0.6) is 0 Å². The van der Waals surface area contributed by atoms with E-state index in [4.69, 9.17) is 9.57 Å². The minimum absolute atomic E-state index is 0.178. The van der Waals surface area contributed by atoms with Gasteiger partial charge >= 0.3 is 6.16 Å². The lowest BCUT2D eigenvalue weighted by molar-refractivity contribution is -0.144. The number of nitrogens with one attached hydrogen (secondary N) is 1. The van der Waals surface area contributed by atoms with Crippen molar-refractivity contribution in [1.29, 1.82) is 0 Å². The number of hydrogen-bond acceptors (Lipinski definition) is 7. The van der Waals surface area contributed by atoms with Crippen LogP contribution >= 0.6 is 0 Å². The normalized spacial score (nSPS) is 21.9. The van der Waals surface area contributed by atoms with Gasteiger partial charge in [0.2, 0.25) is 0 Å². The van der Waals surface area contributed by atoms with Gasteiger partial charge in [-0.3, -0.25) is 9.78 Å². The molecule has 1 saturated heterocycles. The van der Waals surface area contributed by atoms with Crippen molar-refractivity contribution in [3.8, 4) is 0 Å². The van der Waals surface area contributed by atoms with Crippen LogP contribution < -0.4 is 5.32 Å². The quantitative estimate of drug-likeness (QED) is 0.796. The fraction of sp³-hybridized carbons (Fsp3) is 0.588. The summed E-state index contributed by atoms with van der Waals surface area (Å²) in [7, 11) is 0. The summed E-state index contributed by atoms with van der Waals surface area (Å²) >= 11 is 0. The van der Waals surface area contributed by atoms with Crippen LogP contribution in [-0.4, -0.2) is 58.1 Å². The van der Waals surface area contributed by atoms with Crippen molar-refractivity contribution >= 4 is 12.1 Å². The predicted octanol–water partition coefficient (Wildman–Crippen LogP) is 1.50. The molecule has 0 bridgehead atoms. The monoisotopic (exact) mass is 351 g/mol. The smallest absolute Gasteiger partial charge is 0.427 e. The number of carbonyl (C=O) groups is 2. The molecule has 0 aromatic carbocycles. The van der Waals surface area contributed by atoms with Crippen LogP contribution in [0.25, 0.3) is 0 Å². The molecule has 1 aromatic heterocycles. The number of ether oxygens (including phenoxy) is 1. The third-order valence-electron chi connectivity index (χ3n) is 3.62. The number of pyridine rings is 1. The zero-order chi connectivity index (χ0) is 18.4. The summed E-state index contributed by atoms with van der Waals surface area (Å²) in [4.78, 5) is 33.2. The largest absolute Gasteiger partial charge is 0.528 e. The summed E-state index contributed by atoms with van der Waals surface area (Å²) in [6, 6.07) is 2.62. The Balaban J connectivity index is 1.97. The topological polar surface area (TPSA) is 101 Å². The highest BCUT2D eigenvalue weighted by Gasteiger charge is 2.30. The van der Waals surface area contributed by atoms with Crippen LogP contribution in [0.1, 0.15) is 44.0 Å². The predicted molar refractivity (Wildman–Crippen MR) is 89.6 cm³/mol. The SMILES string of the molecule is CC(C)(C)OC(=O)ON1CCC[C@@H](O)[C@H](NC(=O)c2ccncc2)C1. The van der Waals surface area contributed by atoms with Gasteiger partial charge in [0.25, 0.3) is 5.91 Å². The van der Waals surface area contributed by atoms with E-state index in [9.17, 15) is 14.7 Å². The van der Waals surface area contributed by atoms with Crippen LogP contribution in [-0.2, 0) is 9.57 Å². The molecule has 25 heavy (non-hydrogen) atoms. The van der Waals surface area contributed by atoms with E-state index < -0.39 is 23.9 Å². The number of carbonyl (C=O) groups excluding carboxylic acids is 2. The molecule has 0 spiro atoms. The summed E-state index contributed by atoms with van der Waals surface area (Å²) in [5, 5.41) is 14.5. The average molecular weight is 351 g/mol. The Morgan fingerprint density at radius 3 is 2.64 bits per heavy atom. The number of aromatic nitrogens is 1. The first kappa shape index (κ1) is 19.1. The number of aliphatic hydroxyl groups excluding tert-OH is 1. The Kier molecular flexibility index (Phi) is 6.33. The second kappa shape index (κ2) is 8.26. The van der Waals surface area contributed by atoms with Crippen molar-refractivity contribution in [3.63, 3.8) is 0 Å². The van der Waals surface area contributed by atoms with Gasteiger partial charge in [-0.15, -0.1) is 5.06 Å². The third-order valence-corrected chi connectivity index (χ3v) is 3.62.